The number of aliphatic hydroxyl groups is 1. The number of rotatable bonds is 29. The molecule has 0 saturated heterocycles. The summed E-state index contributed by atoms with van der Waals surface area (Å²) < 4.78 is 5.03. The molecular weight excluding hydrogens is 1870 g/mol. The first-order chi connectivity index (χ1) is 57.6. The van der Waals surface area contributed by atoms with Crippen molar-refractivity contribution in [3.05, 3.63) is 339 Å². The Morgan fingerprint density at radius 1 is 0.458 bits per heavy atom. The van der Waals surface area contributed by atoms with Crippen LogP contribution in [0, 0.1) is 40.5 Å². The Morgan fingerprint density at radius 3 is 1.18 bits per heavy atom. The second kappa shape index (κ2) is 45.7. The molecule has 0 unspecified atom stereocenters. The number of anilines is 1. The van der Waals surface area contributed by atoms with Crippen molar-refractivity contribution < 1.29 is 34.3 Å². The molecule has 0 aliphatic carbocycles. The molecular formula is C81H71Br2N15O11S11. The predicted molar refractivity (Wildman–Crippen MR) is 502 cm³/mol. The third-order valence-electron chi connectivity index (χ3n) is 17.2. The maximum atomic E-state index is 11.3. The Hall–Kier alpha value is -10.6. The average molecular weight is 1940 g/mol. The summed E-state index contributed by atoms with van der Waals surface area (Å²) in [5.74, 6) is 0.661. The summed E-state index contributed by atoms with van der Waals surface area (Å²) >= 11 is 27.5. The van der Waals surface area contributed by atoms with E-state index >= 15 is 0 Å². The molecule has 0 spiro atoms. The zero-order chi connectivity index (χ0) is 84.3. The van der Waals surface area contributed by atoms with Gasteiger partial charge < -0.3 is 43.0 Å². The van der Waals surface area contributed by atoms with E-state index in [9.17, 15) is 50.4 Å². The van der Waals surface area contributed by atoms with E-state index < -0.39 is 19.7 Å². The third kappa shape index (κ3) is 26.7. The summed E-state index contributed by atoms with van der Waals surface area (Å²) in [6.07, 6.45) is 2.35. The first kappa shape index (κ1) is 91.7. The molecule has 0 fully saturated rings. The number of ether oxygens (including phenoxy) is 1. The first-order valence-corrected chi connectivity index (χ1v) is 45.3. The number of hydrogen-bond donors (Lipinski definition) is 7. The van der Waals surface area contributed by atoms with E-state index in [2.05, 4.69) is 48.3 Å². The minimum atomic E-state index is -0.414. The van der Waals surface area contributed by atoms with Crippen LogP contribution in [0.3, 0.4) is 0 Å². The van der Waals surface area contributed by atoms with Crippen LogP contribution in [-0.2, 0) is 32.3 Å². The van der Waals surface area contributed by atoms with Crippen LogP contribution in [0.4, 0.5) is 27.9 Å². The standard InChI is InChI=1S/C25H20N4O3S3.2C16H14N4O2S3.C15H13N3O2S2.C9H9BrO2.BrH/c30-13-17-3-1-4-18(11-17)21-14-35-25(28-21)27-20(12-16-6-8-19(9-7-16)29(31)32)22-15-34-24(26-22)23-5-2-10-33-23;2*17-16(23)19-12(8-10-3-5-11(6-4-10)20(21)22)13-9-25-15(18-13)14-2-1-7-24-14;16-12(8-10-3-5-11(6-4-10)18(19)20)13-9-22-15(17-13)14-2-1-7-21-14;1-12-9-5-3-2-4-7(9)8(11)6-10;/h1-11,14-15,20,30H,12-13H2,(H,27,28);2*1-7,9,12H,8H2,(H3,17,19,23);1-7,9,12H,8,16H2;2-5H,6H2,1H3;1H/t20-;3*12-;;/m0000../s1. The number of carbonyl (C=O) groups excluding carboxylic acids is 1. The molecule has 9 aromatic heterocycles. The lowest BCUT2D eigenvalue weighted by atomic mass is 10.0. The van der Waals surface area contributed by atoms with Crippen LogP contribution in [0.2, 0.25) is 0 Å². The Bertz CT molecular complexity index is 5670. The highest BCUT2D eigenvalue weighted by molar-refractivity contribution is 9.09. The highest BCUT2D eigenvalue weighted by atomic mass is 79.9. The maximum Gasteiger partial charge on any atom is 0.269 e. The summed E-state index contributed by atoms with van der Waals surface area (Å²) in [5.41, 5.74) is 28.3. The van der Waals surface area contributed by atoms with Crippen molar-refractivity contribution in [2.24, 2.45) is 17.2 Å². The number of aromatic nitrogens is 5. The van der Waals surface area contributed by atoms with Gasteiger partial charge in [0.1, 0.15) is 25.8 Å². The molecule has 0 bridgehead atoms. The quantitative estimate of drug-likeness (QED) is 0.00752. The molecule has 616 valence electrons. The smallest absolute Gasteiger partial charge is 0.269 e. The van der Waals surface area contributed by atoms with Crippen molar-refractivity contribution >= 4 is 203 Å². The van der Waals surface area contributed by atoms with Gasteiger partial charge in [0.25, 0.3) is 22.7 Å². The number of hydrogen-bond acceptors (Lipinski definition) is 29. The SMILES string of the molecule is Br.COc1ccccc1C(=O)CBr.NC(=S)N[C@@H](Cc1ccc([N+](=O)[O-])cc1)c1csc(-c2cccs2)n1.NC(=S)N[C@@H](Cc1ccc([N+](=O)[O-])cc1)c1csc(-c2cccs2)n1.N[C@@H](Cc1ccc([N+](=O)[O-])cc1)c1csc(-c2cccs2)n1.O=[N+]([O-])c1ccc(C[C@H](Nc2nc(-c3cccc(CO)c3)cs2)c2csc(-c3cccs3)n2)cc1. The van der Waals surface area contributed by atoms with Gasteiger partial charge in [0, 0.05) is 81.0 Å². The van der Waals surface area contributed by atoms with E-state index in [1.807, 2.05) is 122 Å². The number of benzene rings is 6. The minimum absolute atomic E-state index is 0. The van der Waals surface area contributed by atoms with Gasteiger partial charge in [-0.3, -0.25) is 45.3 Å². The normalized spacial score (nSPS) is 11.6. The number of ketones is 1. The number of nitrogens with one attached hydrogen (secondary N) is 3. The molecule has 0 radical (unpaired) electrons. The Morgan fingerprint density at radius 2 is 0.825 bits per heavy atom. The number of aliphatic hydroxyl groups excluding tert-OH is 1. The van der Waals surface area contributed by atoms with Gasteiger partial charge in [-0.15, -0.1) is 119 Å². The Balaban J connectivity index is 0.000000162. The van der Waals surface area contributed by atoms with Crippen LogP contribution in [-0.4, -0.2) is 78.2 Å². The summed E-state index contributed by atoms with van der Waals surface area (Å²) in [4.78, 5) is 81.0. The van der Waals surface area contributed by atoms with Gasteiger partial charge in [-0.2, -0.15) is 0 Å². The number of thiophene rings is 4. The van der Waals surface area contributed by atoms with Crippen molar-refractivity contribution in [2.45, 2.75) is 56.5 Å². The number of thiazole rings is 5. The number of nitro groups is 4. The summed E-state index contributed by atoms with van der Waals surface area (Å²) in [5, 5.41) is 85.7. The number of methoxy groups -OCH3 is 1. The van der Waals surface area contributed by atoms with Crippen LogP contribution in [0.1, 0.15) is 85.1 Å². The van der Waals surface area contributed by atoms with E-state index in [1.165, 1.54) is 59.9 Å². The molecule has 26 nitrogen and oxygen atoms in total. The van der Waals surface area contributed by atoms with Crippen LogP contribution in [0.25, 0.3) is 50.8 Å². The number of halogens is 2. The number of Topliss-reactive ketones (excluding diaryl/α,β-unsaturated/α-hetero) is 1. The summed E-state index contributed by atoms with van der Waals surface area (Å²) in [6, 6.07) is 56.3. The predicted octanol–water partition coefficient (Wildman–Crippen LogP) is 21.5. The maximum absolute atomic E-state index is 11.3. The van der Waals surface area contributed by atoms with E-state index in [-0.39, 0.29) is 86.5 Å². The summed E-state index contributed by atoms with van der Waals surface area (Å²) in [6.45, 7) is -0.0171. The second-order valence-corrected chi connectivity index (χ2v) is 34.8. The number of non-ortho nitro benzene ring substituents is 4. The molecule has 39 heteroatoms. The van der Waals surface area contributed by atoms with Gasteiger partial charge in [0.15, 0.2) is 21.1 Å². The Labute approximate surface area is 753 Å². The fraction of sp³-hybridized carbons (Fsp3) is 0.136. The molecule has 0 saturated carbocycles. The van der Waals surface area contributed by atoms with Gasteiger partial charge in [-0.1, -0.05) is 119 Å². The molecule has 10 N–H and O–H groups in total. The van der Waals surface area contributed by atoms with Crippen LogP contribution in [0.5, 0.6) is 5.75 Å². The molecule has 15 rings (SSSR count). The number of nitro benzene ring substituents is 4. The van der Waals surface area contributed by atoms with Crippen LogP contribution in [0.15, 0.2) is 243 Å². The van der Waals surface area contributed by atoms with Crippen LogP contribution >= 0.6 is 159 Å². The van der Waals surface area contributed by atoms with Crippen molar-refractivity contribution in [2.75, 3.05) is 17.8 Å². The van der Waals surface area contributed by atoms with Crippen molar-refractivity contribution in [1.29, 1.82) is 0 Å². The number of para-hydroxylation sites is 1. The largest absolute Gasteiger partial charge is 0.496 e. The number of carbonyl (C=O) groups is 1. The molecule has 0 aliphatic rings. The van der Waals surface area contributed by atoms with E-state index in [0.29, 0.717) is 42.3 Å². The van der Waals surface area contributed by atoms with E-state index in [0.717, 1.165) is 107 Å². The Kier molecular flexibility index (Phi) is 34.9. The van der Waals surface area contributed by atoms with Gasteiger partial charge in [0.05, 0.1) is 116 Å². The van der Waals surface area contributed by atoms with E-state index in [1.54, 1.807) is 158 Å². The lowest BCUT2D eigenvalue weighted by molar-refractivity contribution is -0.385. The zero-order valence-electron chi connectivity index (χ0n) is 62.8. The lowest BCUT2D eigenvalue weighted by Gasteiger charge is -2.17. The van der Waals surface area contributed by atoms with Crippen LogP contribution < -0.4 is 37.9 Å². The number of nitrogens with zero attached hydrogens (tertiary/aromatic N) is 9. The number of thiocarbonyl (C=S) groups is 2. The topological polar surface area (TPSA) is 398 Å². The number of nitrogens with two attached hydrogens (primary N) is 3. The molecule has 15 aromatic rings. The fourth-order valence-corrected chi connectivity index (χ4v) is 19.5. The molecule has 9 heterocycles. The summed E-state index contributed by atoms with van der Waals surface area (Å²) in [7, 11) is 1.56. The van der Waals surface area contributed by atoms with E-state index in [4.69, 9.17) is 66.3 Å². The molecule has 6 aromatic carbocycles. The lowest BCUT2D eigenvalue weighted by Crippen LogP contribution is -2.34. The van der Waals surface area contributed by atoms with Gasteiger partial charge in [0.2, 0.25) is 0 Å². The number of alkyl halides is 1. The highest BCUT2D eigenvalue weighted by Gasteiger charge is 2.24. The fourth-order valence-electron chi connectivity index (χ4n) is 11.4. The van der Waals surface area contributed by atoms with Gasteiger partial charge in [-0.25, -0.2) is 24.9 Å². The molecule has 120 heavy (non-hydrogen) atoms. The van der Waals surface area contributed by atoms with Gasteiger partial charge >= 0.3 is 0 Å². The zero-order valence-corrected chi connectivity index (χ0v) is 75.1. The van der Waals surface area contributed by atoms with Gasteiger partial charge in [-0.05, 0) is 142 Å². The molecule has 0 aliphatic heterocycles. The van der Waals surface area contributed by atoms with Crippen molar-refractivity contribution in [3.63, 3.8) is 0 Å². The monoisotopic (exact) mass is 1940 g/mol. The third-order valence-corrected chi connectivity index (χ3v) is 26.3. The molecule has 4 atom stereocenters. The first-order valence-electron chi connectivity index (χ1n) is 35.5. The highest BCUT2D eigenvalue weighted by Crippen LogP contribution is 2.38. The molecule has 0 amide bonds. The van der Waals surface area contributed by atoms with Crippen molar-refractivity contribution in [1.82, 2.24) is 35.6 Å². The average Bonchev–Trinajstić information content (AvgIpc) is 1.64. The minimum Gasteiger partial charge on any atom is -0.496 e. The second-order valence-electron chi connectivity index (χ2n) is 25.3. The van der Waals surface area contributed by atoms with Crippen molar-refractivity contribution in [3.8, 4) is 56.5 Å².